The quantitative estimate of drug-likeness (QED) is 0.785. The highest BCUT2D eigenvalue weighted by Gasteiger charge is 2.37. The third kappa shape index (κ3) is 3.38. The molecule has 3 rings (SSSR count). The number of aromatic nitrogens is 1. The summed E-state index contributed by atoms with van der Waals surface area (Å²) >= 11 is 0. The van der Waals surface area contributed by atoms with Crippen LogP contribution < -0.4 is 5.76 Å². The molecule has 7 heteroatoms. The summed E-state index contributed by atoms with van der Waals surface area (Å²) in [6.45, 7) is 7.43. The largest absolute Gasteiger partial charge is 0.450 e. The Morgan fingerprint density at radius 2 is 1.88 bits per heavy atom. The Balaban J connectivity index is 1.75. The monoisotopic (exact) mass is 360 g/mol. The number of hydrogen-bond acceptors (Lipinski definition) is 5. The predicted octanol–water partition coefficient (Wildman–Crippen LogP) is 2.41. The molecule has 2 aromatic rings. The molecular weight excluding hydrogens is 336 g/mol. The number of fused-ring (bicyclic) bond motifs is 1. The Bertz CT molecular complexity index is 900. The Kier molecular flexibility index (Phi) is 4.64. The van der Waals surface area contributed by atoms with E-state index >= 15 is 0 Å². The highest BCUT2D eigenvalue weighted by Crippen LogP contribution is 2.27. The van der Waals surface area contributed by atoms with Gasteiger partial charge in [0.05, 0.1) is 5.52 Å². The second-order valence-electron chi connectivity index (χ2n) is 7.34. The van der Waals surface area contributed by atoms with E-state index in [-0.39, 0.29) is 17.7 Å². The van der Waals surface area contributed by atoms with Crippen molar-refractivity contribution in [3.8, 4) is 0 Å². The third-order valence-electron chi connectivity index (χ3n) is 4.80. The van der Waals surface area contributed by atoms with E-state index in [4.69, 9.17) is 9.15 Å². The summed E-state index contributed by atoms with van der Waals surface area (Å²) < 4.78 is 12.2. The molecule has 1 saturated heterocycles. The lowest BCUT2D eigenvalue weighted by Crippen LogP contribution is -2.50. The van der Waals surface area contributed by atoms with Crippen LogP contribution in [0.2, 0.25) is 0 Å². The number of amides is 1. The fraction of sp³-hybridized carbons (Fsp3) is 0.526. The summed E-state index contributed by atoms with van der Waals surface area (Å²) in [6, 6.07) is 5.69. The zero-order valence-electron chi connectivity index (χ0n) is 15.6. The molecule has 1 aliphatic rings. The van der Waals surface area contributed by atoms with Crippen LogP contribution in [-0.4, -0.2) is 40.0 Å². The molecule has 2 heterocycles. The van der Waals surface area contributed by atoms with Gasteiger partial charge >= 0.3 is 11.7 Å². The number of carbonyl (C=O) groups is 2. The van der Waals surface area contributed by atoms with Gasteiger partial charge in [-0.1, -0.05) is 6.07 Å². The van der Waals surface area contributed by atoms with Gasteiger partial charge < -0.3 is 14.1 Å². The standard InChI is InChI=1S/C19H24N2O5/c1-12-5-6-15-16(11-12)25-18(24)21(15)14-7-9-20(10-8-14)17(23)19(3,4)26-13(2)22/h5-6,11,14H,7-10H2,1-4H3. The molecule has 0 unspecified atom stereocenters. The summed E-state index contributed by atoms with van der Waals surface area (Å²) in [5.41, 5.74) is 1.22. The van der Waals surface area contributed by atoms with Crippen molar-refractivity contribution in [2.24, 2.45) is 0 Å². The van der Waals surface area contributed by atoms with Crippen molar-refractivity contribution in [3.63, 3.8) is 0 Å². The van der Waals surface area contributed by atoms with Gasteiger partial charge in [-0.25, -0.2) is 4.79 Å². The van der Waals surface area contributed by atoms with Gasteiger partial charge in [0.2, 0.25) is 0 Å². The summed E-state index contributed by atoms with van der Waals surface area (Å²) in [7, 11) is 0. The second kappa shape index (κ2) is 6.63. The third-order valence-corrected chi connectivity index (χ3v) is 4.80. The van der Waals surface area contributed by atoms with Crippen molar-refractivity contribution in [2.45, 2.75) is 52.2 Å². The van der Waals surface area contributed by atoms with Crippen molar-refractivity contribution in [1.82, 2.24) is 9.47 Å². The Morgan fingerprint density at radius 3 is 2.50 bits per heavy atom. The fourth-order valence-corrected chi connectivity index (χ4v) is 3.60. The van der Waals surface area contributed by atoms with Crippen LogP contribution in [0.1, 0.15) is 45.2 Å². The van der Waals surface area contributed by atoms with Gasteiger partial charge in [0.15, 0.2) is 11.2 Å². The van der Waals surface area contributed by atoms with Crippen LogP contribution in [0.15, 0.2) is 27.4 Å². The molecule has 0 bridgehead atoms. The molecule has 140 valence electrons. The van der Waals surface area contributed by atoms with E-state index in [2.05, 4.69) is 0 Å². The molecule has 1 fully saturated rings. The van der Waals surface area contributed by atoms with Crippen LogP contribution in [0.25, 0.3) is 11.1 Å². The maximum Gasteiger partial charge on any atom is 0.420 e. The SMILES string of the molecule is CC(=O)OC(C)(C)C(=O)N1CCC(n2c(=O)oc3cc(C)ccc32)CC1. The zero-order chi connectivity index (χ0) is 19.1. The number of benzene rings is 1. The molecule has 26 heavy (non-hydrogen) atoms. The highest BCUT2D eigenvalue weighted by molar-refractivity contribution is 5.86. The molecule has 0 spiro atoms. The van der Waals surface area contributed by atoms with E-state index in [1.54, 1.807) is 23.3 Å². The number of ether oxygens (including phenoxy) is 1. The van der Waals surface area contributed by atoms with Crippen LogP contribution in [0, 0.1) is 6.92 Å². The topological polar surface area (TPSA) is 81.8 Å². The zero-order valence-corrected chi connectivity index (χ0v) is 15.6. The molecule has 1 aliphatic heterocycles. The van der Waals surface area contributed by atoms with Gasteiger partial charge in [-0.15, -0.1) is 0 Å². The van der Waals surface area contributed by atoms with Gasteiger partial charge in [-0.2, -0.15) is 0 Å². The number of carbonyl (C=O) groups excluding carboxylic acids is 2. The van der Waals surface area contributed by atoms with Crippen molar-refractivity contribution < 1.29 is 18.7 Å². The van der Waals surface area contributed by atoms with E-state index in [0.29, 0.717) is 31.5 Å². The lowest BCUT2D eigenvalue weighted by Gasteiger charge is -2.36. The maximum absolute atomic E-state index is 12.6. The lowest BCUT2D eigenvalue weighted by atomic mass is 10.0. The molecule has 1 aromatic carbocycles. The number of likely N-dealkylation sites (tertiary alicyclic amines) is 1. The number of nitrogens with zero attached hydrogens (tertiary/aromatic N) is 2. The molecule has 0 radical (unpaired) electrons. The summed E-state index contributed by atoms with van der Waals surface area (Å²) in [4.78, 5) is 37.8. The summed E-state index contributed by atoms with van der Waals surface area (Å²) in [5, 5.41) is 0. The van der Waals surface area contributed by atoms with Crippen LogP contribution in [0.4, 0.5) is 0 Å². The first-order valence-electron chi connectivity index (χ1n) is 8.79. The number of aryl methyl sites for hydroxylation is 1. The first-order chi connectivity index (χ1) is 12.2. The van der Waals surface area contributed by atoms with E-state index in [1.165, 1.54) is 6.92 Å². The minimum Gasteiger partial charge on any atom is -0.450 e. The Hall–Kier alpha value is -2.57. The van der Waals surface area contributed by atoms with Gasteiger partial charge in [0, 0.05) is 26.1 Å². The number of piperidine rings is 1. The van der Waals surface area contributed by atoms with Crippen molar-refractivity contribution >= 4 is 23.0 Å². The van der Waals surface area contributed by atoms with Crippen molar-refractivity contribution in [3.05, 3.63) is 34.3 Å². The first-order valence-corrected chi connectivity index (χ1v) is 8.79. The molecular formula is C19H24N2O5. The smallest absolute Gasteiger partial charge is 0.420 e. The van der Waals surface area contributed by atoms with E-state index in [1.807, 2.05) is 25.1 Å². The van der Waals surface area contributed by atoms with Gasteiger partial charge in [-0.3, -0.25) is 14.2 Å². The predicted molar refractivity (Wildman–Crippen MR) is 95.9 cm³/mol. The Labute approximate surface area is 151 Å². The molecule has 0 aliphatic carbocycles. The van der Waals surface area contributed by atoms with E-state index in [0.717, 1.165) is 11.1 Å². The van der Waals surface area contributed by atoms with E-state index < -0.39 is 11.6 Å². The number of hydrogen-bond donors (Lipinski definition) is 0. The number of rotatable bonds is 3. The number of oxazole rings is 1. The first kappa shape index (κ1) is 18.2. The lowest BCUT2D eigenvalue weighted by molar-refractivity contribution is -0.169. The molecule has 1 amide bonds. The molecule has 7 nitrogen and oxygen atoms in total. The van der Waals surface area contributed by atoms with Crippen LogP contribution >= 0.6 is 0 Å². The second-order valence-corrected chi connectivity index (χ2v) is 7.34. The highest BCUT2D eigenvalue weighted by atomic mass is 16.6. The molecule has 0 N–H and O–H groups in total. The Morgan fingerprint density at radius 1 is 1.23 bits per heavy atom. The average molecular weight is 360 g/mol. The normalized spacial score (nSPS) is 16.1. The van der Waals surface area contributed by atoms with Crippen molar-refractivity contribution in [1.29, 1.82) is 0 Å². The minimum absolute atomic E-state index is 0.0210. The minimum atomic E-state index is -1.19. The number of esters is 1. The van der Waals surface area contributed by atoms with Crippen molar-refractivity contribution in [2.75, 3.05) is 13.1 Å². The van der Waals surface area contributed by atoms with Gasteiger partial charge in [-0.05, 0) is 51.3 Å². The van der Waals surface area contributed by atoms with Crippen LogP contribution in [0.5, 0.6) is 0 Å². The van der Waals surface area contributed by atoms with E-state index in [9.17, 15) is 14.4 Å². The van der Waals surface area contributed by atoms with Crippen LogP contribution in [-0.2, 0) is 14.3 Å². The average Bonchev–Trinajstić information content (AvgIpc) is 2.88. The summed E-state index contributed by atoms with van der Waals surface area (Å²) in [6.07, 6.45) is 1.29. The molecule has 0 saturated carbocycles. The molecule has 0 atom stereocenters. The summed E-state index contributed by atoms with van der Waals surface area (Å²) in [5.74, 6) is -1.06. The van der Waals surface area contributed by atoms with Gasteiger partial charge in [0.1, 0.15) is 0 Å². The van der Waals surface area contributed by atoms with Gasteiger partial charge in [0.25, 0.3) is 5.91 Å². The molecule has 1 aromatic heterocycles. The maximum atomic E-state index is 12.6. The fourth-order valence-electron chi connectivity index (χ4n) is 3.60. The van der Waals surface area contributed by atoms with Crippen LogP contribution in [0.3, 0.4) is 0 Å².